The molecule has 26 heavy (non-hydrogen) atoms. The fraction of sp³-hybridized carbons (Fsp3) is 0.588. The molecule has 0 spiro atoms. The van der Waals surface area contributed by atoms with Crippen LogP contribution in [0.2, 0.25) is 0 Å². The number of hydrogen-bond donors (Lipinski definition) is 2. The predicted octanol–water partition coefficient (Wildman–Crippen LogP) is -0.819. The molecular formula is C17H23N5O4. The lowest BCUT2D eigenvalue weighted by Gasteiger charge is -2.37. The molecule has 2 N–H and O–H groups in total. The molecule has 0 radical (unpaired) electrons. The van der Waals surface area contributed by atoms with Crippen LogP contribution in [0.25, 0.3) is 0 Å². The number of aliphatic hydroxyl groups is 1. The standard InChI is InChI=1S/C17H23N5O4/c23-14-10-22(16(25)11-21-7-2-1-3-15(21)24)8-4-12(14)20-17(26)13-9-18-5-6-19-13/h5-6,9,12,14,23H,1-4,7-8,10-11H2,(H,20,26)/t12-,14-/m1/s1. The molecule has 3 heterocycles. The van der Waals surface area contributed by atoms with Gasteiger partial charge in [0.2, 0.25) is 11.8 Å². The Kier molecular flexibility index (Phi) is 5.77. The van der Waals surface area contributed by atoms with E-state index in [0.29, 0.717) is 25.9 Å². The third-order valence-electron chi connectivity index (χ3n) is 4.79. The van der Waals surface area contributed by atoms with Crippen LogP contribution in [0.15, 0.2) is 18.6 Å². The molecule has 2 aliphatic rings. The summed E-state index contributed by atoms with van der Waals surface area (Å²) in [7, 11) is 0. The van der Waals surface area contributed by atoms with Gasteiger partial charge >= 0.3 is 0 Å². The van der Waals surface area contributed by atoms with Crippen molar-refractivity contribution in [1.29, 1.82) is 0 Å². The van der Waals surface area contributed by atoms with E-state index in [-0.39, 0.29) is 30.6 Å². The van der Waals surface area contributed by atoms with Crippen molar-refractivity contribution >= 4 is 17.7 Å². The summed E-state index contributed by atoms with van der Waals surface area (Å²) in [6.45, 7) is 1.22. The highest BCUT2D eigenvalue weighted by Crippen LogP contribution is 2.15. The number of nitrogens with zero attached hydrogens (tertiary/aromatic N) is 4. The molecule has 1 aromatic rings. The van der Waals surface area contributed by atoms with Gasteiger partial charge in [-0.25, -0.2) is 4.98 Å². The summed E-state index contributed by atoms with van der Waals surface area (Å²) in [5, 5.41) is 13.1. The van der Waals surface area contributed by atoms with E-state index >= 15 is 0 Å². The summed E-state index contributed by atoms with van der Waals surface area (Å²) in [4.78, 5) is 47.3. The van der Waals surface area contributed by atoms with Gasteiger partial charge in [0.1, 0.15) is 5.69 Å². The summed E-state index contributed by atoms with van der Waals surface area (Å²) >= 11 is 0. The number of carbonyl (C=O) groups is 3. The molecule has 140 valence electrons. The minimum atomic E-state index is -0.870. The van der Waals surface area contributed by atoms with Crippen LogP contribution in [-0.2, 0) is 9.59 Å². The third-order valence-corrected chi connectivity index (χ3v) is 4.79. The number of likely N-dealkylation sites (tertiary alicyclic amines) is 2. The van der Waals surface area contributed by atoms with Crippen LogP contribution in [-0.4, -0.2) is 80.9 Å². The molecule has 1 aromatic heterocycles. The number of aromatic nitrogens is 2. The van der Waals surface area contributed by atoms with Gasteiger partial charge in [0.05, 0.1) is 24.9 Å². The molecule has 9 heteroatoms. The molecule has 2 aliphatic heterocycles. The lowest BCUT2D eigenvalue weighted by atomic mass is 10.0. The average Bonchev–Trinajstić information content (AvgIpc) is 2.65. The second-order valence-corrected chi connectivity index (χ2v) is 6.64. The molecule has 9 nitrogen and oxygen atoms in total. The largest absolute Gasteiger partial charge is 0.389 e. The van der Waals surface area contributed by atoms with Crippen LogP contribution in [0.5, 0.6) is 0 Å². The highest BCUT2D eigenvalue weighted by Gasteiger charge is 2.32. The molecule has 0 saturated carbocycles. The maximum atomic E-state index is 12.4. The Hall–Kier alpha value is -2.55. The van der Waals surface area contributed by atoms with Crippen LogP contribution >= 0.6 is 0 Å². The predicted molar refractivity (Wildman–Crippen MR) is 90.9 cm³/mol. The Labute approximate surface area is 151 Å². The topological polar surface area (TPSA) is 116 Å². The monoisotopic (exact) mass is 361 g/mol. The summed E-state index contributed by atoms with van der Waals surface area (Å²) < 4.78 is 0. The summed E-state index contributed by atoms with van der Waals surface area (Å²) in [6, 6.07) is -0.454. The normalized spacial score (nSPS) is 23.7. The van der Waals surface area contributed by atoms with Crippen molar-refractivity contribution in [3.63, 3.8) is 0 Å². The highest BCUT2D eigenvalue weighted by atomic mass is 16.3. The smallest absolute Gasteiger partial charge is 0.271 e. The van der Waals surface area contributed by atoms with Gasteiger partial charge in [-0.1, -0.05) is 0 Å². The van der Waals surface area contributed by atoms with E-state index < -0.39 is 18.1 Å². The quantitative estimate of drug-likeness (QED) is 0.724. The lowest BCUT2D eigenvalue weighted by molar-refractivity contribution is -0.143. The minimum absolute atomic E-state index is 0.0104. The first-order valence-corrected chi connectivity index (χ1v) is 8.85. The average molecular weight is 361 g/mol. The number of amides is 3. The SMILES string of the molecule is O=C(N[C@@H]1CCN(C(=O)CN2CCCCC2=O)C[C@H]1O)c1cnccn1. The van der Waals surface area contributed by atoms with Gasteiger partial charge in [-0.2, -0.15) is 0 Å². The zero-order chi connectivity index (χ0) is 18.5. The van der Waals surface area contributed by atoms with E-state index in [9.17, 15) is 19.5 Å². The first-order chi connectivity index (χ1) is 12.5. The van der Waals surface area contributed by atoms with Crippen molar-refractivity contribution in [2.45, 2.75) is 37.8 Å². The van der Waals surface area contributed by atoms with Crippen molar-refractivity contribution in [2.75, 3.05) is 26.2 Å². The number of nitrogens with one attached hydrogen (secondary N) is 1. The van der Waals surface area contributed by atoms with Crippen LogP contribution in [0.4, 0.5) is 0 Å². The summed E-state index contributed by atoms with van der Waals surface area (Å²) in [6.07, 6.45) is 6.11. The molecule has 0 bridgehead atoms. The van der Waals surface area contributed by atoms with Gasteiger partial charge in [0, 0.05) is 38.4 Å². The fourth-order valence-corrected chi connectivity index (χ4v) is 3.28. The zero-order valence-corrected chi connectivity index (χ0v) is 14.5. The Morgan fingerprint density at radius 3 is 2.81 bits per heavy atom. The van der Waals surface area contributed by atoms with Crippen molar-refractivity contribution in [3.05, 3.63) is 24.3 Å². The molecule has 2 atom stereocenters. The fourth-order valence-electron chi connectivity index (χ4n) is 3.28. The molecule has 0 unspecified atom stereocenters. The van der Waals surface area contributed by atoms with Crippen LogP contribution in [0.3, 0.4) is 0 Å². The maximum Gasteiger partial charge on any atom is 0.271 e. The van der Waals surface area contributed by atoms with E-state index in [1.165, 1.54) is 18.6 Å². The molecular weight excluding hydrogens is 338 g/mol. The van der Waals surface area contributed by atoms with Crippen molar-refractivity contribution < 1.29 is 19.5 Å². The van der Waals surface area contributed by atoms with Gasteiger partial charge < -0.3 is 20.2 Å². The van der Waals surface area contributed by atoms with Crippen molar-refractivity contribution in [3.8, 4) is 0 Å². The van der Waals surface area contributed by atoms with E-state index in [4.69, 9.17) is 0 Å². The molecule has 2 fully saturated rings. The number of piperidine rings is 2. The van der Waals surface area contributed by atoms with E-state index in [0.717, 1.165) is 12.8 Å². The van der Waals surface area contributed by atoms with Gasteiger partial charge in [0.25, 0.3) is 5.91 Å². The zero-order valence-electron chi connectivity index (χ0n) is 14.5. The number of β-amino-alcohol motifs (C(OH)–C–C–N with tert-alkyl or cyclic N) is 1. The van der Waals surface area contributed by atoms with E-state index in [2.05, 4.69) is 15.3 Å². The number of aliphatic hydroxyl groups excluding tert-OH is 1. The maximum absolute atomic E-state index is 12.4. The van der Waals surface area contributed by atoms with Gasteiger partial charge in [-0.3, -0.25) is 19.4 Å². The molecule has 0 aliphatic carbocycles. The van der Waals surface area contributed by atoms with Gasteiger partial charge in [-0.15, -0.1) is 0 Å². The van der Waals surface area contributed by atoms with Crippen molar-refractivity contribution in [1.82, 2.24) is 25.1 Å². The lowest BCUT2D eigenvalue weighted by Crippen LogP contribution is -2.57. The number of carbonyl (C=O) groups excluding carboxylic acids is 3. The first-order valence-electron chi connectivity index (χ1n) is 8.85. The highest BCUT2D eigenvalue weighted by molar-refractivity contribution is 5.92. The van der Waals surface area contributed by atoms with Gasteiger partial charge in [0.15, 0.2) is 0 Å². The van der Waals surface area contributed by atoms with Crippen LogP contribution < -0.4 is 5.32 Å². The van der Waals surface area contributed by atoms with Gasteiger partial charge in [-0.05, 0) is 19.3 Å². The molecule has 3 rings (SSSR count). The third kappa shape index (κ3) is 4.34. The Balaban J connectivity index is 1.50. The Morgan fingerprint density at radius 1 is 1.27 bits per heavy atom. The van der Waals surface area contributed by atoms with Crippen LogP contribution in [0.1, 0.15) is 36.2 Å². The van der Waals surface area contributed by atoms with Crippen molar-refractivity contribution in [2.24, 2.45) is 0 Å². The Bertz CT molecular complexity index is 668. The van der Waals surface area contributed by atoms with Crippen LogP contribution in [0, 0.1) is 0 Å². The first kappa shape index (κ1) is 18.2. The molecule has 3 amide bonds. The number of rotatable bonds is 4. The summed E-state index contributed by atoms with van der Waals surface area (Å²) in [5.41, 5.74) is 0.182. The second kappa shape index (κ2) is 8.22. The van der Waals surface area contributed by atoms with E-state index in [1.54, 1.807) is 9.80 Å². The molecule has 2 saturated heterocycles. The Morgan fingerprint density at radius 2 is 2.12 bits per heavy atom. The number of hydrogen-bond acceptors (Lipinski definition) is 6. The van der Waals surface area contributed by atoms with E-state index in [1.807, 2.05) is 0 Å². The summed E-state index contributed by atoms with van der Waals surface area (Å²) in [5.74, 6) is -0.560. The molecule has 0 aromatic carbocycles. The minimum Gasteiger partial charge on any atom is -0.389 e. The second-order valence-electron chi connectivity index (χ2n) is 6.64.